The van der Waals surface area contributed by atoms with Crippen molar-refractivity contribution in [2.24, 2.45) is 0 Å². The Kier molecular flexibility index (Phi) is 7.89. The summed E-state index contributed by atoms with van der Waals surface area (Å²) >= 11 is 0. The topological polar surface area (TPSA) is 52.7 Å². The van der Waals surface area contributed by atoms with E-state index >= 15 is 0 Å². The summed E-state index contributed by atoms with van der Waals surface area (Å²) < 4.78 is 0. The summed E-state index contributed by atoms with van der Waals surface area (Å²) in [5.74, 6) is 0.0704. The average molecular weight is 372 g/mol. The number of amides is 2. The second kappa shape index (κ2) is 10.1. The first-order chi connectivity index (χ1) is 13.0. The molecular formula is C22H33N3O2. The van der Waals surface area contributed by atoms with E-state index in [-0.39, 0.29) is 11.9 Å². The van der Waals surface area contributed by atoms with Crippen molar-refractivity contribution in [1.29, 1.82) is 0 Å². The van der Waals surface area contributed by atoms with Gasteiger partial charge in [0.25, 0.3) is 0 Å². The van der Waals surface area contributed by atoms with Gasteiger partial charge < -0.3 is 15.1 Å². The number of nitrogens with one attached hydrogen (secondary N) is 1. The highest BCUT2D eigenvalue weighted by atomic mass is 16.2. The number of para-hydroxylation sites is 1. The predicted molar refractivity (Wildman–Crippen MR) is 112 cm³/mol. The molecule has 0 saturated carbocycles. The lowest BCUT2D eigenvalue weighted by atomic mass is 9.92. The molecule has 5 heteroatoms. The van der Waals surface area contributed by atoms with Gasteiger partial charge in [0, 0.05) is 38.4 Å². The molecule has 148 valence electrons. The van der Waals surface area contributed by atoms with Crippen LogP contribution in [0.2, 0.25) is 0 Å². The van der Waals surface area contributed by atoms with E-state index in [1.807, 2.05) is 18.0 Å². The molecule has 0 radical (unpaired) electrons. The second-order valence-electron chi connectivity index (χ2n) is 7.35. The highest BCUT2D eigenvalue weighted by Gasteiger charge is 2.29. The molecule has 0 aromatic heterocycles. The molecule has 1 aromatic rings. The number of benzene rings is 1. The Morgan fingerprint density at radius 2 is 2.07 bits per heavy atom. The van der Waals surface area contributed by atoms with Gasteiger partial charge in [-0.15, -0.1) is 0 Å². The normalized spacial score (nSPS) is 15.5. The summed E-state index contributed by atoms with van der Waals surface area (Å²) in [6.45, 7) is 5.57. The highest BCUT2D eigenvalue weighted by Crippen LogP contribution is 2.32. The van der Waals surface area contributed by atoms with Crippen LogP contribution in [0.15, 0.2) is 29.8 Å². The molecule has 0 saturated heterocycles. The molecule has 1 aromatic carbocycles. The molecule has 0 unspecified atom stereocenters. The van der Waals surface area contributed by atoms with E-state index in [0.29, 0.717) is 13.1 Å². The Hall–Kier alpha value is -2.30. The summed E-state index contributed by atoms with van der Waals surface area (Å²) in [5, 5.41) is 3.26. The SMILES string of the molecule is CCCCC[C@@H](C(=O)N1CCC(c2ccccc2NC)=C(C)C1)N(C)C=O. The van der Waals surface area contributed by atoms with E-state index in [1.165, 1.54) is 21.6 Å². The number of likely N-dealkylation sites (N-methyl/N-ethyl adjacent to an activating group) is 1. The number of hydrogen-bond donors (Lipinski definition) is 1. The van der Waals surface area contributed by atoms with Gasteiger partial charge in [-0.05, 0) is 31.4 Å². The van der Waals surface area contributed by atoms with Crippen LogP contribution < -0.4 is 5.32 Å². The number of nitrogens with zero attached hydrogens (tertiary/aromatic N) is 2. The van der Waals surface area contributed by atoms with Gasteiger partial charge >= 0.3 is 0 Å². The zero-order valence-electron chi connectivity index (χ0n) is 17.1. The molecule has 5 nitrogen and oxygen atoms in total. The van der Waals surface area contributed by atoms with E-state index in [9.17, 15) is 9.59 Å². The van der Waals surface area contributed by atoms with Gasteiger partial charge in [0.15, 0.2) is 0 Å². The number of carbonyl (C=O) groups excluding carboxylic acids is 2. The van der Waals surface area contributed by atoms with Crippen molar-refractivity contribution in [2.45, 2.75) is 52.0 Å². The van der Waals surface area contributed by atoms with Gasteiger partial charge in [-0.25, -0.2) is 0 Å². The first kappa shape index (κ1) is 21.0. The molecule has 1 N–H and O–H groups in total. The van der Waals surface area contributed by atoms with Crippen LogP contribution in [0.5, 0.6) is 0 Å². The number of rotatable bonds is 9. The summed E-state index contributed by atoms with van der Waals surface area (Å²) in [4.78, 5) is 27.8. The van der Waals surface area contributed by atoms with Gasteiger partial charge in [0.2, 0.25) is 12.3 Å². The minimum absolute atomic E-state index is 0.0704. The van der Waals surface area contributed by atoms with Gasteiger partial charge in [0.05, 0.1) is 0 Å². The number of carbonyl (C=O) groups is 2. The van der Waals surface area contributed by atoms with E-state index in [1.54, 1.807) is 7.05 Å². The van der Waals surface area contributed by atoms with Crippen molar-refractivity contribution in [2.75, 3.05) is 32.5 Å². The molecule has 2 rings (SSSR count). The van der Waals surface area contributed by atoms with Crippen LogP contribution in [0.1, 0.15) is 51.5 Å². The summed E-state index contributed by atoms with van der Waals surface area (Å²) in [6, 6.07) is 7.94. The van der Waals surface area contributed by atoms with Crippen molar-refractivity contribution in [3.05, 3.63) is 35.4 Å². The van der Waals surface area contributed by atoms with Crippen LogP contribution in [0.25, 0.3) is 5.57 Å². The molecule has 0 bridgehead atoms. The van der Waals surface area contributed by atoms with Gasteiger partial charge in [-0.1, -0.05) is 50.0 Å². The van der Waals surface area contributed by atoms with Gasteiger partial charge in [0.1, 0.15) is 6.04 Å². The first-order valence-corrected chi connectivity index (χ1v) is 9.95. The Morgan fingerprint density at radius 1 is 1.33 bits per heavy atom. The van der Waals surface area contributed by atoms with E-state index in [4.69, 9.17) is 0 Å². The zero-order chi connectivity index (χ0) is 19.8. The van der Waals surface area contributed by atoms with Crippen LogP contribution in [-0.4, -0.2) is 55.3 Å². The molecule has 1 aliphatic rings. The van der Waals surface area contributed by atoms with Gasteiger partial charge in [-0.2, -0.15) is 0 Å². The molecule has 0 spiro atoms. The van der Waals surface area contributed by atoms with Crippen molar-refractivity contribution < 1.29 is 9.59 Å². The number of hydrogen-bond acceptors (Lipinski definition) is 3. The van der Waals surface area contributed by atoms with E-state index in [0.717, 1.165) is 44.2 Å². The Balaban J connectivity index is 2.16. The molecule has 0 aliphatic carbocycles. The standard InChI is InChI=1S/C22H33N3O2/c1-5-6-7-12-21(24(4)16-26)22(27)25-14-13-18(17(2)15-25)19-10-8-9-11-20(19)23-3/h8-11,16,21,23H,5-7,12-15H2,1-4H3/t21-/m0/s1. The fraction of sp³-hybridized carbons (Fsp3) is 0.545. The van der Waals surface area contributed by atoms with Crippen molar-refractivity contribution in [1.82, 2.24) is 9.80 Å². The van der Waals surface area contributed by atoms with Crippen LogP contribution in [0, 0.1) is 0 Å². The third-order valence-corrected chi connectivity index (χ3v) is 5.43. The zero-order valence-corrected chi connectivity index (χ0v) is 17.1. The van der Waals surface area contributed by atoms with Crippen molar-refractivity contribution in [3.8, 4) is 0 Å². The summed E-state index contributed by atoms with van der Waals surface area (Å²) in [5.41, 5.74) is 4.87. The van der Waals surface area contributed by atoms with Crippen LogP contribution in [0.4, 0.5) is 5.69 Å². The molecule has 1 atom stereocenters. The number of anilines is 1. The van der Waals surface area contributed by atoms with Crippen molar-refractivity contribution in [3.63, 3.8) is 0 Å². The largest absolute Gasteiger partial charge is 0.388 e. The average Bonchev–Trinajstić information content (AvgIpc) is 2.70. The van der Waals surface area contributed by atoms with Crippen LogP contribution in [0.3, 0.4) is 0 Å². The molecule has 27 heavy (non-hydrogen) atoms. The summed E-state index contributed by atoms with van der Waals surface area (Å²) in [6.07, 6.45) is 5.50. The lowest BCUT2D eigenvalue weighted by Crippen LogP contribution is -2.48. The Labute approximate surface area is 163 Å². The van der Waals surface area contributed by atoms with E-state index < -0.39 is 0 Å². The lowest BCUT2D eigenvalue weighted by Gasteiger charge is -2.35. The fourth-order valence-electron chi connectivity index (χ4n) is 3.81. The minimum atomic E-state index is -0.354. The molecule has 0 fully saturated rings. The lowest BCUT2D eigenvalue weighted by molar-refractivity contribution is -0.140. The smallest absolute Gasteiger partial charge is 0.245 e. The molecule has 1 aliphatic heterocycles. The quantitative estimate of drug-likeness (QED) is 0.531. The number of unbranched alkanes of at least 4 members (excludes halogenated alkanes) is 2. The molecular weight excluding hydrogens is 338 g/mol. The first-order valence-electron chi connectivity index (χ1n) is 9.95. The molecule has 2 amide bonds. The third-order valence-electron chi connectivity index (χ3n) is 5.43. The minimum Gasteiger partial charge on any atom is -0.388 e. The molecule has 1 heterocycles. The Morgan fingerprint density at radius 3 is 2.70 bits per heavy atom. The second-order valence-corrected chi connectivity index (χ2v) is 7.35. The maximum absolute atomic E-state index is 13.1. The maximum atomic E-state index is 13.1. The third kappa shape index (κ3) is 5.12. The van der Waals surface area contributed by atoms with Crippen LogP contribution >= 0.6 is 0 Å². The van der Waals surface area contributed by atoms with Gasteiger partial charge in [-0.3, -0.25) is 9.59 Å². The van der Waals surface area contributed by atoms with Crippen LogP contribution in [-0.2, 0) is 9.59 Å². The Bertz CT molecular complexity index is 684. The summed E-state index contributed by atoms with van der Waals surface area (Å²) in [7, 11) is 3.65. The van der Waals surface area contributed by atoms with Crippen molar-refractivity contribution >= 4 is 23.6 Å². The fourth-order valence-corrected chi connectivity index (χ4v) is 3.81. The maximum Gasteiger partial charge on any atom is 0.245 e. The predicted octanol–water partition coefficient (Wildman–Crippen LogP) is 3.77. The monoisotopic (exact) mass is 371 g/mol. The highest BCUT2D eigenvalue weighted by molar-refractivity contribution is 5.86. The van der Waals surface area contributed by atoms with E-state index in [2.05, 4.69) is 37.4 Å².